The van der Waals surface area contributed by atoms with E-state index in [4.69, 9.17) is 0 Å². The number of nitrogens with zero attached hydrogens (tertiary/aromatic N) is 4. The van der Waals surface area contributed by atoms with Gasteiger partial charge in [-0.1, -0.05) is 6.07 Å². The number of hydrogen-bond acceptors (Lipinski definition) is 5. The van der Waals surface area contributed by atoms with Crippen LogP contribution in [0.1, 0.15) is 5.56 Å². The van der Waals surface area contributed by atoms with E-state index in [0.717, 1.165) is 5.56 Å². The Morgan fingerprint density at radius 1 is 1.35 bits per heavy atom. The van der Waals surface area contributed by atoms with Gasteiger partial charge in [0.25, 0.3) is 0 Å². The molecule has 1 aliphatic heterocycles. The smallest absolute Gasteiger partial charge is 0.227 e. The monoisotopic (exact) mass is 340 g/mol. The lowest BCUT2D eigenvalue weighted by Gasteiger charge is -2.25. The van der Waals surface area contributed by atoms with Crippen LogP contribution in [-0.4, -0.2) is 79.9 Å². The summed E-state index contributed by atoms with van der Waals surface area (Å²) in [7, 11) is 0.0817. The summed E-state index contributed by atoms with van der Waals surface area (Å²) < 4.78 is 25.2. The molecule has 1 aliphatic rings. The summed E-state index contributed by atoms with van der Waals surface area (Å²) in [6.45, 7) is 2.43. The summed E-state index contributed by atoms with van der Waals surface area (Å²) in [6, 6.07) is 3.85. The number of sulfonamides is 1. The lowest BCUT2D eigenvalue weighted by Crippen LogP contribution is -2.41. The molecular formula is C15H24N4O3S. The predicted molar refractivity (Wildman–Crippen MR) is 88.1 cm³/mol. The van der Waals surface area contributed by atoms with E-state index in [1.807, 2.05) is 12.1 Å². The van der Waals surface area contributed by atoms with Gasteiger partial charge in [-0.05, 0) is 11.6 Å². The topological polar surface area (TPSA) is 73.8 Å². The Kier molecular flexibility index (Phi) is 5.72. The van der Waals surface area contributed by atoms with E-state index < -0.39 is 10.0 Å². The average Bonchev–Trinajstić information content (AvgIpc) is 2.70. The zero-order chi connectivity index (χ0) is 17.0. The Bertz CT molecular complexity index is 633. The molecule has 0 radical (unpaired) electrons. The van der Waals surface area contributed by atoms with Crippen LogP contribution in [0.4, 0.5) is 0 Å². The van der Waals surface area contributed by atoms with Gasteiger partial charge in [0.1, 0.15) is 0 Å². The van der Waals surface area contributed by atoms with Gasteiger partial charge in [0.15, 0.2) is 0 Å². The van der Waals surface area contributed by atoms with Crippen LogP contribution in [0.2, 0.25) is 0 Å². The molecule has 0 spiro atoms. The van der Waals surface area contributed by atoms with Gasteiger partial charge in [-0.3, -0.25) is 14.7 Å². The van der Waals surface area contributed by atoms with Crippen molar-refractivity contribution in [3.05, 3.63) is 30.1 Å². The maximum atomic E-state index is 12.4. The van der Waals surface area contributed by atoms with Gasteiger partial charge in [0.2, 0.25) is 15.9 Å². The lowest BCUT2D eigenvalue weighted by atomic mass is 10.1. The molecule has 128 valence electrons. The van der Waals surface area contributed by atoms with Crippen molar-refractivity contribution in [2.24, 2.45) is 5.92 Å². The first kappa shape index (κ1) is 17.8. The van der Waals surface area contributed by atoms with Crippen LogP contribution in [0, 0.1) is 5.92 Å². The van der Waals surface area contributed by atoms with Gasteiger partial charge in [-0.2, -0.15) is 0 Å². The Labute approximate surface area is 137 Å². The third kappa shape index (κ3) is 4.98. The molecule has 1 fully saturated rings. The van der Waals surface area contributed by atoms with Gasteiger partial charge in [0, 0.05) is 59.2 Å². The van der Waals surface area contributed by atoms with E-state index in [0.29, 0.717) is 26.2 Å². The lowest BCUT2D eigenvalue weighted by molar-refractivity contribution is -0.133. The molecule has 1 aromatic heterocycles. The summed E-state index contributed by atoms with van der Waals surface area (Å²) in [5.41, 5.74) is 1.05. The first-order valence-electron chi connectivity index (χ1n) is 7.55. The molecule has 0 N–H and O–H groups in total. The van der Waals surface area contributed by atoms with Crippen molar-refractivity contribution in [1.29, 1.82) is 0 Å². The van der Waals surface area contributed by atoms with Crippen LogP contribution in [0.5, 0.6) is 0 Å². The van der Waals surface area contributed by atoms with Gasteiger partial charge in [-0.25, -0.2) is 12.7 Å². The summed E-state index contributed by atoms with van der Waals surface area (Å²) in [4.78, 5) is 20.1. The third-order valence-electron chi connectivity index (χ3n) is 3.96. The summed E-state index contributed by atoms with van der Waals surface area (Å²) in [5, 5.41) is 0. The minimum atomic E-state index is -3.31. The van der Waals surface area contributed by atoms with E-state index in [2.05, 4.69) is 9.88 Å². The van der Waals surface area contributed by atoms with Crippen LogP contribution in [0.3, 0.4) is 0 Å². The number of carbonyl (C=O) groups is 1. The van der Waals surface area contributed by atoms with Crippen LogP contribution >= 0.6 is 0 Å². The Balaban J connectivity index is 2.17. The zero-order valence-corrected chi connectivity index (χ0v) is 14.7. The van der Waals surface area contributed by atoms with Crippen molar-refractivity contribution in [3.63, 3.8) is 0 Å². The van der Waals surface area contributed by atoms with Crippen molar-refractivity contribution in [3.8, 4) is 0 Å². The molecule has 1 aromatic rings. The maximum absolute atomic E-state index is 12.4. The highest BCUT2D eigenvalue weighted by atomic mass is 32.2. The minimum Gasteiger partial charge on any atom is -0.348 e. The number of hydrogen-bond donors (Lipinski definition) is 0. The molecule has 0 unspecified atom stereocenters. The van der Waals surface area contributed by atoms with Crippen molar-refractivity contribution in [1.82, 2.24) is 19.1 Å². The second-order valence-electron chi connectivity index (χ2n) is 6.15. The molecule has 0 aliphatic carbocycles. The molecule has 1 atom stereocenters. The van der Waals surface area contributed by atoms with Crippen molar-refractivity contribution < 1.29 is 13.2 Å². The number of aromatic nitrogens is 1. The van der Waals surface area contributed by atoms with Gasteiger partial charge in [-0.15, -0.1) is 0 Å². The Morgan fingerprint density at radius 2 is 2.09 bits per heavy atom. The van der Waals surface area contributed by atoms with Crippen LogP contribution < -0.4 is 0 Å². The van der Waals surface area contributed by atoms with Crippen LogP contribution in [0.15, 0.2) is 24.5 Å². The minimum absolute atomic E-state index is 0.0447. The molecule has 23 heavy (non-hydrogen) atoms. The standard InChI is InChI=1S/C15H24N4O3S/c1-17(2)15(20)14-11-18(10-13-5-4-6-16-9-13)7-8-19(12-14)23(3,21)22/h4-6,9,14H,7-8,10-12H2,1-3H3/t14-/m1/s1. The highest BCUT2D eigenvalue weighted by Gasteiger charge is 2.32. The highest BCUT2D eigenvalue weighted by Crippen LogP contribution is 2.16. The van der Waals surface area contributed by atoms with E-state index in [9.17, 15) is 13.2 Å². The van der Waals surface area contributed by atoms with Crippen molar-refractivity contribution in [2.45, 2.75) is 6.54 Å². The molecule has 0 saturated carbocycles. The predicted octanol–water partition coefficient (Wildman–Crippen LogP) is -0.137. The van der Waals surface area contributed by atoms with E-state index >= 15 is 0 Å². The number of pyridine rings is 1. The third-order valence-corrected chi connectivity index (χ3v) is 5.23. The van der Waals surface area contributed by atoms with Gasteiger partial charge in [0.05, 0.1) is 12.2 Å². The fourth-order valence-electron chi connectivity index (χ4n) is 2.77. The summed E-state index contributed by atoms with van der Waals surface area (Å²) in [5.74, 6) is -0.407. The second kappa shape index (κ2) is 7.37. The molecule has 2 heterocycles. The number of rotatable bonds is 4. The quantitative estimate of drug-likeness (QED) is 0.763. The molecular weight excluding hydrogens is 316 g/mol. The highest BCUT2D eigenvalue weighted by molar-refractivity contribution is 7.88. The van der Waals surface area contributed by atoms with Crippen molar-refractivity contribution >= 4 is 15.9 Å². The molecule has 0 aromatic carbocycles. The first-order valence-corrected chi connectivity index (χ1v) is 9.39. The SMILES string of the molecule is CN(C)C(=O)[C@@H]1CN(Cc2cccnc2)CCN(S(C)(=O)=O)C1. The second-order valence-corrected chi connectivity index (χ2v) is 8.13. The Morgan fingerprint density at radius 3 is 2.65 bits per heavy atom. The van der Waals surface area contributed by atoms with E-state index in [-0.39, 0.29) is 18.4 Å². The van der Waals surface area contributed by atoms with Gasteiger partial charge >= 0.3 is 0 Å². The normalized spacial score (nSPS) is 20.9. The summed E-state index contributed by atoms with van der Waals surface area (Å²) in [6.07, 6.45) is 4.71. The summed E-state index contributed by atoms with van der Waals surface area (Å²) >= 11 is 0. The van der Waals surface area contributed by atoms with Crippen molar-refractivity contribution in [2.75, 3.05) is 46.5 Å². The van der Waals surface area contributed by atoms with Crippen LogP contribution in [-0.2, 0) is 21.4 Å². The van der Waals surface area contributed by atoms with Gasteiger partial charge < -0.3 is 4.90 Å². The number of carbonyl (C=O) groups excluding carboxylic acids is 1. The molecule has 7 nitrogen and oxygen atoms in total. The molecule has 1 saturated heterocycles. The maximum Gasteiger partial charge on any atom is 0.227 e. The van der Waals surface area contributed by atoms with E-state index in [1.54, 1.807) is 26.5 Å². The average molecular weight is 340 g/mol. The Hall–Kier alpha value is -1.51. The molecule has 8 heteroatoms. The largest absolute Gasteiger partial charge is 0.348 e. The number of amides is 1. The molecule has 0 bridgehead atoms. The zero-order valence-electron chi connectivity index (χ0n) is 13.8. The van der Waals surface area contributed by atoms with E-state index in [1.165, 1.54) is 15.5 Å². The first-order chi connectivity index (χ1) is 10.8. The van der Waals surface area contributed by atoms with Crippen LogP contribution in [0.25, 0.3) is 0 Å². The molecule has 2 rings (SSSR count). The fraction of sp³-hybridized carbons (Fsp3) is 0.600. The fourth-order valence-corrected chi connectivity index (χ4v) is 3.63. The molecule has 1 amide bonds.